The van der Waals surface area contributed by atoms with Crippen LogP contribution in [-0.4, -0.2) is 50.2 Å². The van der Waals surface area contributed by atoms with Gasteiger partial charge in [0.05, 0.1) is 30.4 Å². The number of carbonyl (C=O) groups is 3. The number of fused-ring (bicyclic) bond motifs is 1. The van der Waals surface area contributed by atoms with Crippen LogP contribution in [0.4, 0.5) is 0 Å². The molecular formula is C12H12N4O4. The summed E-state index contributed by atoms with van der Waals surface area (Å²) in [5.74, 6) is -1.21. The van der Waals surface area contributed by atoms with E-state index >= 15 is 0 Å². The highest BCUT2D eigenvalue weighted by molar-refractivity contribution is 6.09. The van der Waals surface area contributed by atoms with E-state index in [-0.39, 0.29) is 25.2 Å². The number of nitrogens with one attached hydrogen (secondary N) is 1. The molecule has 104 valence electrons. The van der Waals surface area contributed by atoms with Gasteiger partial charge >= 0.3 is 0 Å². The van der Waals surface area contributed by atoms with E-state index in [0.717, 1.165) is 4.90 Å². The minimum Gasteiger partial charge on any atom is -0.372 e. The van der Waals surface area contributed by atoms with Crippen LogP contribution in [0, 0.1) is 0 Å². The number of amides is 3. The van der Waals surface area contributed by atoms with Crippen molar-refractivity contribution in [1.29, 1.82) is 0 Å². The highest BCUT2D eigenvalue weighted by Gasteiger charge is 2.41. The predicted octanol–water partition coefficient (Wildman–Crippen LogP) is -1.40. The summed E-state index contributed by atoms with van der Waals surface area (Å²) in [5, 5.41) is 19.5. The number of piperidine rings is 1. The Morgan fingerprint density at radius 3 is 2.75 bits per heavy atom. The van der Waals surface area contributed by atoms with Gasteiger partial charge in [-0.1, -0.05) is 0 Å². The zero-order valence-electron chi connectivity index (χ0n) is 10.4. The number of aliphatic hydroxyl groups excluding tert-OH is 1. The first-order valence-corrected chi connectivity index (χ1v) is 6.21. The number of rotatable bonds is 1. The van der Waals surface area contributed by atoms with Crippen LogP contribution >= 0.6 is 0 Å². The molecule has 1 fully saturated rings. The zero-order valence-corrected chi connectivity index (χ0v) is 10.4. The van der Waals surface area contributed by atoms with Crippen molar-refractivity contribution in [2.45, 2.75) is 31.5 Å². The minimum absolute atomic E-state index is 0.0355. The summed E-state index contributed by atoms with van der Waals surface area (Å²) in [6.07, 6.45) is 1.92. The molecule has 3 heterocycles. The minimum atomic E-state index is -1.24. The van der Waals surface area contributed by atoms with E-state index in [9.17, 15) is 19.5 Å². The van der Waals surface area contributed by atoms with E-state index in [0.29, 0.717) is 11.1 Å². The van der Waals surface area contributed by atoms with Crippen LogP contribution in [0.1, 0.15) is 28.8 Å². The summed E-state index contributed by atoms with van der Waals surface area (Å²) < 4.78 is 0. The lowest BCUT2D eigenvalue weighted by molar-refractivity contribution is -0.139. The van der Waals surface area contributed by atoms with Crippen molar-refractivity contribution in [2.24, 2.45) is 0 Å². The summed E-state index contributed by atoms with van der Waals surface area (Å²) in [6.45, 7) is 0. The van der Waals surface area contributed by atoms with Crippen molar-refractivity contribution in [2.75, 3.05) is 0 Å². The van der Waals surface area contributed by atoms with Crippen LogP contribution in [-0.2, 0) is 16.0 Å². The van der Waals surface area contributed by atoms with E-state index in [1.165, 1.54) is 12.4 Å². The molecular weight excluding hydrogens is 264 g/mol. The van der Waals surface area contributed by atoms with Crippen LogP contribution < -0.4 is 5.32 Å². The topological polar surface area (TPSA) is 112 Å². The first-order valence-electron chi connectivity index (χ1n) is 6.21. The highest BCUT2D eigenvalue weighted by Crippen LogP contribution is 2.24. The van der Waals surface area contributed by atoms with Crippen LogP contribution in [0.3, 0.4) is 0 Å². The number of carbonyl (C=O) groups excluding carboxylic acids is 3. The molecule has 0 aliphatic carbocycles. The van der Waals surface area contributed by atoms with Gasteiger partial charge in [0.25, 0.3) is 5.91 Å². The standard InChI is InChI=1S/C12H12N4O4/c17-9-2-1-8(11(19)15-9)16-10(18)3-6-4-13-14-5-7(6)12(16)20/h4-5,8,11,19H,1-3H2,(H,15,17). The van der Waals surface area contributed by atoms with Gasteiger partial charge in [0.15, 0.2) is 0 Å². The number of aromatic nitrogens is 2. The summed E-state index contributed by atoms with van der Waals surface area (Å²) in [6, 6.07) is -0.742. The van der Waals surface area contributed by atoms with Crippen LogP contribution in [0.5, 0.6) is 0 Å². The van der Waals surface area contributed by atoms with Gasteiger partial charge in [0, 0.05) is 6.42 Å². The number of aliphatic hydroxyl groups is 1. The molecule has 2 aliphatic heterocycles. The first-order chi connectivity index (χ1) is 9.58. The molecule has 0 aromatic carbocycles. The SMILES string of the molecule is O=C1CCC(N2C(=O)Cc3cnncc3C2=O)C(O)N1. The Balaban J connectivity index is 1.93. The Hall–Kier alpha value is -2.35. The van der Waals surface area contributed by atoms with Crippen molar-refractivity contribution >= 4 is 17.7 Å². The van der Waals surface area contributed by atoms with Crippen molar-refractivity contribution < 1.29 is 19.5 Å². The number of imide groups is 1. The third kappa shape index (κ3) is 1.94. The molecule has 0 radical (unpaired) electrons. The third-order valence-electron chi connectivity index (χ3n) is 3.54. The molecule has 0 spiro atoms. The second-order valence-corrected chi connectivity index (χ2v) is 4.79. The second kappa shape index (κ2) is 4.64. The van der Waals surface area contributed by atoms with Gasteiger partial charge in [-0.2, -0.15) is 10.2 Å². The number of hydrogen-bond acceptors (Lipinski definition) is 6. The molecule has 20 heavy (non-hydrogen) atoms. The van der Waals surface area contributed by atoms with Gasteiger partial charge < -0.3 is 10.4 Å². The van der Waals surface area contributed by atoms with Crippen molar-refractivity contribution in [1.82, 2.24) is 20.4 Å². The van der Waals surface area contributed by atoms with Crippen LogP contribution in [0.25, 0.3) is 0 Å². The number of hydrogen-bond donors (Lipinski definition) is 2. The van der Waals surface area contributed by atoms with Gasteiger partial charge in [0.2, 0.25) is 11.8 Å². The van der Waals surface area contributed by atoms with Crippen LogP contribution in [0.2, 0.25) is 0 Å². The normalized spacial score (nSPS) is 26.2. The second-order valence-electron chi connectivity index (χ2n) is 4.79. The fourth-order valence-corrected chi connectivity index (χ4v) is 2.55. The Morgan fingerprint density at radius 1 is 1.25 bits per heavy atom. The molecule has 3 rings (SSSR count). The van der Waals surface area contributed by atoms with E-state index in [1.54, 1.807) is 0 Å². The van der Waals surface area contributed by atoms with E-state index in [1.807, 2.05) is 0 Å². The molecule has 8 nitrogen and oxygen atoms in total. The van der Waals surface area contributed by atoms with Gasteiger partial charge in [-0.3, -0.25) is 19.3 Å². The van der Waals surface area contributed by atoms with Gasteiger partial charge in [-0.15, -0.1) is 0 Å². The summed E-state index contributed by atoms with van der Waals surface area (Å²) in [7, 11) is 0. The molecule has 0 bridgehead atoms. The lowest BCUT2D eigenvalue weighted by atomic mass is 9.96. The van der Waals surface area contributed by atoms with E-state index in [2.05, 4.69) is 15.5 Å². The fraction of sp³-hybridized carbons (Fsp3) is 0.417. The quantitative estimate of drug-likeness (QED) is 0.610. The van der Waals surface area contributed by atoms with Crippen molar-refractivity contribution in [3.8, 4) is 0 Å². The van der Waals surface area contributed by atoms with Crippen molar-refractivity contribution in [3.05, 3.63) is 23.5 Å². The molecule has 3 amide bonds. The average Bonchev–Trinajstić information content (AvgIpc) is 2.41. The summed E-state index contributed by atoms with van der Waals surface area (Å²) in [4.78, 5) is 36.7. The van der Waals surface area contributed by atoms with Crippen molar-refractivity contribution in [3.63, 3.8) is 0 Å². The Morgan fingerprint density at radius 2 is 2.00 bits per heavy atom. The third-order valence-corrected chi connectivity index (χ3v) is 3.54. The van der Waals surface area contributed by atoms with Gasteiger partial charge in [0.1, 0.15) is 6.23 Å². The molecule has 2 unspecified atom stereocenters. The Labute approximate surface area is 113 Å². The largest absolute Gasteiger partial charge is 0.372 e. The molecule has 2 N–H and O–H groups in total. The monoisotopic (exact) mass is 276 g/mol. The molecule has 2 atom stereocenters. The summed E-state index contributed by atoms with van der Waals surface area (Å²) >= 11 is 0. The lowest BCUT2D eigenvalue weighted by Crippen LogP contribution is -2.60. The lowest BCUT2D eigenvalue weighted by Gasteiger charge is -2.38. The molecule has 1 saturated heterocycles. The van der Waals surface area contributed by atoms with E-state index in [4.69, 9.17) is 0 Å². The maximum atomic E-state index is 12.4. The average molecular weight is 276 g/mol. The maximum Gasteiger partial charge on any atom is 0.262 e. The zero-order chi connectivity index (χ0) is 14.3. The predicted molar refractivity (Wildman–Crippen MR) is 64.1 cm³/mol. The van der Waals surface area contributed by atoms with E-state index < -0.39 is 24.1 Å². The van der Waals surface area contributed by atoms with Gasteiger partial charge in [-0.25, -0.2) is 0 Å². The number of nitrogens with zero attached hydrogens (tertiary/aromatic N) is 3. The highest BCUT2D eigenvalue weighted by atomic mass is 16.3. The molecule has 2 aliphatic rings. The molecule has 1 aromatic rings. The smallest absolute Gasteiger partial charge is 0.262 e. The Bertz CT molecular complexity index is 603. The summed E-state index contributed by atoms with van der Waals surface area (Å²) in [5.41, 5.74) is 0.837. The van der Waals surface area contributed by atoms with Gasteiger partial charge in [-0.05, 0) is 12.0 Å². The maximum absolute atomic E-state index is 12.4. The fourth-order valence-electron chi connectivity index (χ4n) is 2.55. The first kappa shape index (κ1) is 12.7. The molecule has 0 saturated carbocycles. The van der Waals surface area contributed by atoms with Crippen LogP contribution in [0.15, 0.2) is 12.4 Å². The molecule has 8 heteroatoms. The Kier molecular flexibility index (Phi) is 2.94. The molecule has 1 aromatic heterocycles.